The minimum absolute atomic E-state index is 0.0442. The molecule has 0 fully saturated rings. The summed E-state index contributed by atoms with van der Waals surface area (Å²) in [6.07, 6.45) is 0.530. The van der Waals surface area contributed by atoms with Crippen molar-refractivity contribution in [2.45, 2.75) is 31.9 Å². The molecule has 0 atom stereocenters. The molecule has 0 saturated heterocycles. The van der Waals surface area contributed by atoms with Crippen molar-refractivity contribution in [2.75, 3.05) is 0 Å². The lowest BCUT2D eigenvalue weighted by molar-refractivity contribution is -0.140. The third-order valence-corrected chi connectivity index (χ3v) is 4.35. The summed E-state index contributed by atoms with van der Waals surface area (Å²) in [6, 6.07) is 10.4. The minimum atomic E-state index is -4.56. The van der Waals surface area contributed by atoms with Crippen molar-refractivity contribution in [2.24, 2.45) is 0 Å². The molecule has 0 saturated carbocycles. The van der Waals surface area contributed by atoms with Crippen molar-refractivity contribution < 1.29 is 13.2 Å². The third-order valence-electron chi connectivity index (χ3n) is 4.35. The van der Waals surface area contributed by atoms with Crippen LogP contribution in [0.1, 0.15) is 29.8 Å². The maximum Gasteiger partial charge on any atom is 0.435 e. The smallest absolute Gasteiger partial charge is 0.240 e. The van der Waals surface area contributed by atoms with Crippen LogP contribution in [0.25, 0.3) is 16.9 Å². The molecule has 3 aromatic rings. The summed E-state index contributed by atoms with van der Waals surface area (Å²) < 4.78 is 41.7. The molecule has 128 valence electrons. The van der Waals surface area contributed by atoms with Crippen molar-refractivity contribution in [1.29, 1.82) is 0 Å². The predicted molar refractivity (Wildman–Crippen MR) is 86.2 cm³/mol. The van der Waals surface area contributed by atoms with Gasteiger partial charge in [0.25, 0.3) is 0 Å². The molecule has 0 N–H and O–H groups in total. The molecule has 4 rings (SSSR count). The van der Waals surface area contributed by atoms with Crippen molar-refractivity contribution in [3.05, 3.63) is 59.5 Å². The first-order valence-corrected chi connectivity index (χ1v) is 8.10. The van der Waals surface area contributed by atoms with E-state index in [-0.39, 0.29) is 11.3 Å². The summed E-state index contributed by atoms with van der Waals surface area (Å²) in [6.45, 7) is 0. The Morgan fingerprint density at radius 1 is 0.960 bits per heavy atom. The Morgan fingerprint density at radius 2 is 1.72 bits per heavy atom. The summed E-state index contributed by atoms with van der Waals surface area (Å²) in [5.74, 6) is 0. The number of hydrogen-bond donors (Lipinski definition) is 0. The van der Waals surface area contributed by atoms with E-state index in [9.17, 15) is 13.2 Å². The van der Waals surface area contributed by atoms with Crippen LogP contribution in [0.5, 0.6) is 0 Å². The first-order valence-electron chi connectivity index (χ1n) is 8.10. The highest BCUT2D eigenvalue weighted by Crippen LogP contribution is 2.36. The lowest BCUT2D eigenvalue weighted by Gasteiger charge is -2.14. The summed E-state index contributed by atoms with van der Waals surface area (Å²) in [4.78, 5) is 0. The van der Waals surface area contributed by atoms with E-state index in [4.69, 9.17) is 0 Å². The SMILES string of the molecule is FC(F)(F)c1nn(-c2ccccc2)cc1-c1cc2c(nn1)CCCC2. The van der Waals surface area contributed by atoms with E-state index < -0.39 is 11.9 Å². The lowest BCUT2D eigenvalue weighted by atomic mass is 9.95. The van der Waals surface area contributed by atoms with E-state index >= 15 is 0 Å². The van der Waals surface area contributed by atoms with Crippen LogP contribution in [-0.2, 0) is 19.0 Å². The molecule has 1 aliphatic rings. The third kappa shape index (κ3) is 3.01. The summed E-state index contributed by atoms with van der Waals surface area (Å²) >= 11 is 0. The van der Waals surface area contributed by atoms with E-state index in [1.54, 1.807) is 36.4 Å². The van der Waals surface area contributed by atoms with E-state index in [0.717, 1.165) is 36.9 Å². The largest absolute Gasteiger partial charge is 0.435 e. The van der Waals surface area contributed by atoms with Gasteiger partial charge in [-0.25, -0.2) is 4.68 Å². The molecular weight excluding hydrogens is 329 g/mol. The van der Waals surface area contributed by atoms with Gasteiger partial charge in [-0.05, 0) is 49.4 Å². The second-order valence-electron chi connectivity index (χ2n) is 6.08. The Balaban J connectivity index is 1.84. The zero-order chi connectivity index (χ0) is 17.4. The van der Waals surface area contributed by atoms with Gasteiger partial charge in [-0.3, -0.25) is 0 Å². The van der Waals surface area contributed by atoms with Crippen LogP contribution in [0.15, 0.2) is 42.6 Å². The zero-order valence-corrected chi connectivity index (χ0v) is 13.3. The Morgan fingerprint density at radius 3 is 2.48 bits per heavy atom. The number of nitrogens with zero attached hydrogens (tertiary/aromatic N) is 4. The van der Waals surface area contributed by atoms with Crippen LogP contribution < -0.4 is 0 Å². The Bertz CT molecular complexity index is 900. The number of rotatable bonds is 2. The molecule has 0 unspecified atom stereocenters. The highest BCUT2D eigenvalue weighted by Gasteiger charge is 2.38. The Labute approximate surface area is 142 Å². The molecule has 2 heterocycles. The summed E-state index contributed by atoms with van der Waals surface area (Å²) in [5.41, 5.74) is 1.66. The highest BCUT2D eigenvalue weighted by molar-refractivity contribution is 5.63. The second-order valence-corrected chi connectivity index (χ2v) is 6.08. The predicted octanol–water partition coefficient (Wildman–Crippen LogP) is 4.23. The number of halogens is 3. The van der Waals surface area contributed by atoms with Crippen molar-refractivity contribution in [1.82, 2.24) is 20.0 Å². The van der Waals surface area contributed by atoms with Gasteiger partial charge in [0.1, 0.15) is 0 Å². The van der Waals surface area contributed by atoms with Gasteiger partial charge < -0.3 is 0 Å². The normalized spacial score (nSPS) is 14.4. The fourth-order valence-electron chi connectivity index (χ4n) is 3.11. The number of benzene rings is 1. The fraction of sp³-hybridized carbons (Fsp3) is 0.278. The molecule has 25 heavy (non-hydrogen) atoms. The molecule has 4 nitrogen and oxygen atoms in total. The first kappa shape index (κ1) is 15.8. The van der Waals surface area contributed by atoms with Crippen LogP contribution in [-0.4, -0.2) is 20.0 Å². The maximum absolute atomic E-state index is 13.5. The molecule has 2 aromatic heterocycles. The van der Waals surface area contributed by atoms with Gasteiger partial charge in [0, 0.05) is 6.20 Å². The number of para-hydroxylation sites is 1. The standard InChI is InChI=1S/C18H15F3N4/c19-18(20,21)17-14(11-25(24-17)13-7-2-1-3-8-13)16-10-12-6-4-5-9-15(12)22-23-16/h1-3,7-8,10-11H,4-6,9H2. The minimum Gasteiger partial charge on any atom is -0.240 e. The van der Waals surface area contributed by atoms with Gasteiger partial charge >= 0.3 is 6.18 Å². The number of hydrogen-bond acceptors (Lipinski definition) is 3. The first-order chi connectivity index (χ1) is 12.0. The number of fused-ring (bicyclic) bond motifs is 1. The molecule has 7 heteroatoms. The quantitative estimate of drug-likeness (QED) is 0.699. The Hall–Kier alpha value is -2.70. The average molecular weight is 344 g/mol. The van der Waals surface area contributed by atoms with E-state index in [1.807, 2.05) is 0 Å². The number of alkyl halides is 3. The van der Waals surface area contributed by atoms with Crippen LogP contribution in [0.2, 0.25) is 0 Å². The highest BCUT2D eigenvalue weighted by atomic mass is 19.4. The molecule has 1 aliphatic carbocycles. The van der Waals surface area contributed by atoms with Crippen molar-refractivity contribution in [3.8, 4) is 16.9 Å². The fourth-order valence-corrected chi connectivity index (χ4v) is 3.11. The van der Waals surface area contributed by atoms with E-state index in [0.29, 0.717) is 5.69 Å². The molecular formula is C18H15F3N4. The van der Waals surface area contributed by atoms with Crippen LogP contribution in [0, 0.1) is 0 Å². The molecule has 0 aliphatic heterocycles. The van der Waals surface area contributed by atoms with Crippen LogP contribution in [0.3, 0.4) is 0 Å². The number of aromatic nitrogens is 4. The topological polar surface area (TPSA) is 43.6 Å². The van der Waals surface area contributed by atoms with Crippen molar-refractivity contribution >= 4 is 0 Å². The van der Waals surface area contributed by atoms with Crippen LogP contribution >= 0.6 is 0 Å². The molecule has 0 amide bonds. The van der Waals surface area contributed by atoms with Crippen LogP contribution in [0.4, 0.5) is 13.2 Å². The van der Waals surface area contributed by atoms with E-state index in [2.05, 4.69) is 15.3 Å². The number of aryl methyl sites for hydroxylation is 2. The summed E-state index contributed by atoms with van der Waals surface area (Å²) in [5, 5.41) is 12.0. The average Bonchev–Trinajstić information content (AvgIpc) is 3.08. The Kier molecular flexibility index (Phi) is 3.78. The zero-order valence-electron chi connectivity index (χ0n) is 13.3. The van der Waals surface area contributed by atoms with Gasteiger partial charge in [-0.2, -0.15) is 28.5 Å². The van der Waals surface area contributed by atoms with Gasteiger partial charge in [-0.15, -0.1) is 0 Å². The monoisotopic (exact) mass is 344 g/mol. The van der Waals surface area contributed by atoms with Gasteiger partial charge in [-0.1, -0.05) is 18.2 Å². The maximum atomic E-state index is 13.5. The molecule has 0 radical (unpaired) electrons. The molecule has 0 spiro atoms. The van der Waals surface area contributed by atoms with Crippen molar-refractivity contribution in [3.63, 3.8) is 0 Å². The van der Waals surface area contributed by atoms with Gasteiger partial charge in [0.05, 0.1) is 22.6 Å². The second kappa shape index (κ2) is 5.98. The molecule has 1 aromatic carbocycles. The van der Waals surface area contributed by atoms with E-state index in [1.165, 1.54) is 10.9 Å². The van der Waals surface area contributed by atoms with Gasteiger partial charge in [0.15, 0.2) is 5.69 Å². The van der Waals surface area contributed by atoms with Gasteiger partial charge in [0.2, 0.25) is 0 Å². The summed E-state index contributed by atoms with van der Waals surface area (Å²) in [7, 11) is 0. The lowest BCUT2D eigenvalue weighted by Crippen LogP contribution is -2.10. The molecule has 0 bridgehead atoms.